The van der Waals surface area contributed by atoms with Crippen molar-refractivity contribution >= 4 is 11.8 Å². The number of carbonyl (C=O) groups is 2. The molecule has 0 bridgehead atoms. The highest BCUT2D eigenvalue weighted by molar-refractivity contribution is 5.82. The summed E-state index contributed by atoms with van der Waals surface area (Å²) < 4.78 is 0. The van der Waals surface area contributed by atoms with E-state index in [2.05, 4.69) is 10.6 Å². The molecule has 5 atom stereocenters. The second-order valence-corrected chi connectivity index (χ2v) is 6.77. The van der Waals surface area contributed by atoms with Crippen molar-refractivity contribution in [3.63, 3.8) is 0 Å². The summed E-state index contributed by atoms with van der Waals surface area (Å²) in [5.41, 5.74) is 1.50. The minimum Gasteiger partial charge on any atom is -0.387 e. The van der Waals surface area contributed by atoms with Gasteiger partial charge in [0, 0.05) is 13.1 Å². The first-order valence-corrected chi connectivity index (χ1v) is 9.35. The average molecular weight is 418 g/mol. The molecule has 9 heteroatoms. The van der Waals surface area contributed by atoms with E-state index >= 15 is 0 Å². The number of nitrogens with one attached hydrogen (secondary N) is 2. The Labute approximate surface area is 173 Å². The van der Waals surface area contributed by atoms with Gasteiger partial charge in [-0.1, -0.05) is 60.7 Å². The number of carbonyl (C=O) groups excluding carboxylic acids is 2. The van der Waals surface area contributed by atoms with E-state index in [1.54, 1.807) is 60.7 Å². The number of rotatable bonds is 10. The molecule has 2 aromatic rings. The van der Waals surface area contributed by atoms with Crippen LogP contribution in [0, 0.1) is 0 Å². The average Bonchev–Trinajstić information content (AvgIpc) is 2.79. The molecule has 0 heterocycles. The lowest BCUT2D eigenvalue weighted by Crippen LogP contribution is -2.55. The van der Waals surface area contributed by atoms with Gasteiger partial charge in [0.05, 0.1) is 0 Å². The third-order valence-electron chi connectivity index (χ3n) is 4.50. The lowest BCUT2D eigenvalue weighted by Gasteiger charge is -2.28. The lowest BCUT2D eigenvalue weighted by atomic mass is 9.98. The molecule has 0 aromatic heterocycles. The van der Waals surface area contributed by atoms with E-state index in [0.717, 1.165) is 11.1 Å². The molecular weight excluding hydrogens is 392 g/mol. The number of amides is 2. The van der Waals surface area contributed by atoms with Crippen molar-refractivity contribution in [2.45, 2.75) is 43.6 Å². The molecule has 9 nitrogen and oxygen atoms in total. The Morgan fingerprint density at radius 3 is 1.27 bits per heavy atom. The molecule has 2 amide bonds. The van der Waals surface area contributed by atoms with Gasteiger partial charge in [-0.3, -0.25) is 9.59 Å². The highest BCUT2D eigenvalue weighted by atomic mass is 16.4. The zero-order chi connectivity index (χ0) is 22.1. The lowest BCUT2D eigenvalue weighted by molar-refractivity contribution is -0.161. The Kier molecular flexibility index (Phi) is 8.90. The number of hydrogen-bond acceptors (Lipinski definition) is 7. The fourth-order valence-electron chi connectivity index (χ4n) is 2.66. The van der Waals surface area contributed by atoms with E-state index in [1.807, 2.05) is 0 Å². The maximum absolute atomic E-state index is 12.0. The minimum atomic E-state index is -2.15. The first-order chi connectivity index (χ1) is 14.3. The Morgan fingerprint density at radius 2 is 0.933 bits per heavy atom. The second-order valence-electron chi connectivity index (χ2n) is 6.77. The van der Waals surface area contributed by atoms with Gasteiger partial charge in [-0.2, -0.15) is 0 Å². The van der Waals surface area contributed by atoms with Crippen LogP contribution in [-0.2, 0) is 22.7 Å². The summed E-state index contributed by atoms with van der Waals surface area (Å²) in [6, 6.07) is 17.6. The van der Waals surface area contributed by atoms with E-state index in [-0.39, 0.29) is 13.1 Å². The van der Waals surface area contributed by atoms with Gasteiger partial charge in [0.25, 0.3) is 11.8 Å². The van der Waals surface area contributed by atoms with E-state index in [0.29, 0.717) is 0 Å². The van der Waals surface area contributed by atoms with Gasteiger partial charge in [0.1, 0.15) is 18.3 Å². The van der Waals surface area contributed by atoms with E-state index in [9.17, 15) is 35.1 Å². The largest absolute Gasteiger partial charge is 0.387 e. The molecule has 2 rings (SSSR count). The van der Waals surface area contributed by atoms with Crippen LogP contribution in [0.25, 0.3) is 0 Å². The van der Waals surface area contributed by atoms with E-state index in [4.69, 9.17) is 0 Å². The smallest absolute Gasteiger partial charge is 0.251 e. The van der Waals surface area contributed by atoms with Crippen molar-refractivity contribution in [2.24, 2.45) is 0 Å². The third kappa shape index (κ3) is 6.61. The maximum Gasteiger partial charge on any atom is 0.251 e. The van der Waals surface area contributed by atoms with Gasteiger partial charge >= 0.3 is 0 Å². The highest BCUT2D eigenvalue weighted by Crippen LogP contribution is 2.10. The quantitative estimate of drug-likeness (QED) is 0.245. The van der Waals surface area contributed by atoms with Gasteiger partial charge in [-0.25, -0.2) is 0 Å². The van der Waals surface area contributed by atoms with Crippen LogP contribution in [0.4, 0.5) is 0 Å². The van der Waals surface area contributed by atoms with Gasteiger partial charge < -0.3 is 36.2 Å². The van der Waals surface area contributed by atoms with Crippen LogP contribution in [0.2, 0.25) is 0 Å². The second kappa shape index (κ2) is 11.4. The summed E-state index contributed by atoms with van der Waals surface area (Å²) in [5.74, 6) is -1.97. The number of benzene rings is 2. The predicted octanol–water partition coefficient (Wildman–Crippen LogP) is -1.58. The molecule has 0 fully saturated rings. The topological polar surface area (TPSA) is 159 Å². The molecule has 30 heavy (non-hydrogen) atoms. The van der Waals surface area contributed by atoms with Gasteiger partial charge in [0.2, 0.25) is 0 Å². The fraction of sp³-hybridized carbons (Fsp3) is 0.333. The highest BCUT2D eigenvalue weighted by Gasteiger charge is 2.39. The molecule has 0 spiro atoms. The molecule has 2 aromatic carbocycles. The van der Waals surface area contributed by atoms with Gasteiger partial charge in [-0.05, 0) is 11.1 Å². The SMILES string of the molecule is O=C(NCc1ccccc1)C(O)[C@@H](O)[C@@H](O)[C@H](O)[C@@H](O)C(=O)NCc1ccccc1. The van der Waals surface area contributed by atoms with Crippen LogP contribution in [0.5, 0.6) is 0 Å². The van der Waals surface area contributed by atoms with Crippen molar-refractivity contribution in [3.05, 3.63) is 71.8 Å². The summed E-state index contributed by atoms with van der Waals surface area (Å²) in [5, 5.41) is 54.7. The Morgan fingerprint density at radius 1 is 0.600 bits per heavy atom. The van der Waals surface area contributed by atoms with Crippen molar-refractivity contribution in [1.82, 2.24) is 10.6 Å². The van der Waals surface area contributed by atoms with Crippen LogP contribution in [0.3, 0.4) is 0 Å². The third-order valence-corrected chi connectivity index (χ3v) is 4.50. The Bertz CT molecular complexity index is 736. The normalized spacial score (nSPS) is 16.0. The molecular formula is C21H26N2O7. The van der Waals surface area contributed by atoms with Crippen molar-refractivity contribution in [3.8, 4) is 0 Å². The van der Waals surface area contributed by atoms with Gasteiger partial charge in [0.15, 0.2) is 12.2 Å². The zero-order valence-electron chi connectivity index (χ0n) is 16.1. The van der Waals surface area contributed by atoms with Crippen molar-refractivity contribution < 1.29 is 35.1 Å². The van der Waals surface area contributed by atoms with Crippen LogP contribution in [0.15, 0.2) is 60.7 Å². The Balaban J connectivity index is 1.85. The maximum atomic E-state index is 12.0. The molecule has 162 valence electrons. The molecule has 7 N–H and O–H groups in total. The first-order valence-electron chi connectivity index (χ1n) is 9.35. The number of aliphatic hydroxyl groups is 5. The molecule has 0 radical (unpaired) electrons. The minimum absolute atomic E-state index is 0.0760. The zero-order valence-corrected chi connectivity index (χ0v) is 16.1. The number of hydrogen-bond donors (Lipinski definition) is 7. The standard InChI is InChI=1S/C21H26N2O7/c24-15(16(25)18(27)20(29)22-11-13-7-3-1-4-8-13)17(26)19(28)21(30)23-12-14-9-5-2-6-10-14/h1-10,15-19,24-28H,11-12H2,(H,22,29)(H,23,30)/t15-,16-,17-,18+,19?/m0/s1. The number of aliphatic hydroxyl groups excluding tert-OH is 5. The predicted molar refractivity (Wildman–Crippen MR) is 107 cm³/mol. The van der Waals surface area contributed by atoms with Crippen LogP contribution in [0.1, 0.15) is 11.1 Å². The summed E-state index contributed by atoms with van der Waals surface area (Å²) in [7, 11) is 0. The van der Waals surface area contributed by atoms with Crippen molar-refractivity contribution in [1.29, 1.82) is 0 Å². The monoisotopic (exact) mass is 418 g/mol. The fourth-order valence-corrected chi connectivity index (χ4v) is 2.66. The molecule has 0 aliphatic carbocycles. The summed E-state index contributed by atoms with van der Waals surface area (Å²) >= 11 is 0. The van der Waals surface area contributed by atoms with Crippen LogP contribution >= 0.6 is 0 Å². The van der Waals surface area contributed by atoms with Gasteiger partial charge in [-0.15, -0.1) is 0 Å². The molecule has 0 aliphatic heterocycles. The molecule has 0 saturated heterocycles. The summed E-state index contributed by atoms with van der Waals surface area (Å²) in [4.78, 5) is 24.0. The summed E-state index contributed by atoms with van der Waals surface area (Å²) in [6.07, 6.45) is -10.6. The molecule has 0 saturated carbocycles. The molecule has 1 unspecified atom stereocenters. The van der Waals surface area contributed by atoms with Crippen LogP contribution in [-0.4, -0.2) is 67.9 Å². The Hall–Kier alpha value is -2.82. The van der Waals surface area contributed by atoms with E-state index < -0.39 is 42.3 Å². The van der Waals surface area contributed by atoms with Crippen molar-refractivity contribution in [2.75, 3.05) is 0 Å². The van der Waals surface area contributed by atoms with Crippen LogP contribution < -0.4 is 10.6 Å². The summed E-state index contributed by atoms with van der Waals surface area (Å²) in [6.45, 7) is 0.152. The molecule has 0 aliphatic rings. The van der Waals surface area contributed by atoms with E-state index in [1.165, 1.54) is 0 Å². The first kappa shape index (κ1) is 23.5.